The maximum Gasteiger partial charge on any atom is 0.306 e. The van der Waals surface area contributed by atoms with Gasteiger partial charge >= 0.3 is 5.97 Å². The molecule has 0 aliphatic heterocycles. The van der Waals surface area contributed by atoms with E-state index in [0.29, 0.717) is 31.1 Å². The van der Waals surface area contributed by atoms with Crippen molar-refractivity contribution in [3.8, 4) is 11.5 Å². The summed E-state index contributed by atoms with van der Waals surface area (Å²) in [5.41, 5.74) is 0.545. The Bertz CT molecular complexity index is 732. The molecule has 0 saturated carbocycles. The van der Waals surface area contributed by atoms with Gasteiger partial charge in [-0.2, -0.15) is 0 Å². The molecule has 6 nitrogen and oxygen atoms in total. The van der Waals surface area contributed by atoms with Crippen LogP contribution in [0.5, 0.6) is 11.5 Å². The third-order valence-corrected chi connectivity index (χ3v) is 3.66. The van der Waals surface area contributed by atoms with Crippen molar-refractivity contribution in [2.75, 3.05) is 18.5 Å². The molecule has 0 saturated heterocycles. The minimum absolute atomic E-state index is 0.181. The van der Waals surface area contributed by atoms with Crippen molar-refractivity contribution in [3.05, 3.63) is 54.6 Å². The molecule has 0 spiro atoms. The Balaban J connectivity index is 1.72. The predicted molar refractivity (Wildman–Crippen MR) is 103 cm³/mol. The van der Waals surface area contributed by atoms with Crippen molar-refractivity contribution in [2.45, 2.75) is 32.8 Å². The van der Waals surface area contributed by atoms with Crippen LogP contribution < -0.4 is 14.8 Å². The van der Waals surface area contributed by atoms with Crippen LogP contribution in [-0.4, -0.2) is 31.2 Å². The molecule has 0 aliphatic rings. The van der Waals surface area contributed by atoms with Crippen molar-refractivity contribution in [1.29, 1.82) is 0 Å². The SMILES string of the molecule is CCOc1ccccc1NC(=O)[C@H](C)OC(=O)CCCOc1ccccc1. The highest BCUT2D eigenvalue weighted by atomic mass is 16.5. The van der Waals surface area contributed by atoms with E-state index < -0.39 is 18.0 Å². The molecule has 1 N–H and O–H groups in total. The molecule has 0 aromatic heterocycles. The van der Waals surface area contributed by atoms with Gasteiger partial charge in [0.1, 0.15) is 11.5 Å². The van der Waals surface area contributed by atoms with Gasteiger partial charge in [-0.05, 0) is 44.5 Å². The summed E-state index contributed by atoms with van der Waals surface area (Å²) < 4.78 is 16.2. The summed E-state index contributed by atoms with van der Waals surface area (Å²) in [6.07, 6.45) is -0.211. The minimum Gasteiger partial charge on any atom is -0.494 e. The first kappa shape index (κ1) is 20.3. The Labute approximate surface area is 159 Å². The summed E-state index contributed by atoms with van der Waals surface area (Å²) in [6.45, 7) is 4.30. The van der Waals surface area contributed by atoms with Crippen LogP contribution in [0, 0.1) is 0 Å². The van der Waals surface area contributed by atoms with Crippen molar-refractivity contribution in [1.82, 2.24) is 0 Å². The fourth-order valence-electron chi connectivity index (χ4n) is 2.32. The highest BCUT2D eigenvalue weighted by Crippen LogP contribution is 2.24. The molecule has 0 radical (unpaired) electrons. The lowest BCUT2D eigenvalue weighted by Gasteiger charge is -2.15. The van der Waals surface area contributed by atoms with Gasteiger partial charge in [-0.3, -0.25) is 9.59 Å². The predicted octanol–water partition coefficient (Wildman–Crippen LogP) is 3.81. The van der Waals surface area contributed by atoms with Crippen LogP contribution in [0.25, 0.3) is 0 Å². The number of anilines is 1. The molecule has 0 fully saturated rings. The number of para-hydroxylation sites is 3. The largest absolute Gasteiger partial charge is 0.494 e. The standard InChI is InChI=1S/C21H25NO5/c1-3-25-19-13-8-7-12-18(19)22-21(24)16(2)27-20(23)14-9-15-26-17-10-5-4-6-11-17/h4-8,10-13,16H,3,9,14-15H2,1-2H3,(H,22,24)/t16-/m0/s1. The van der Waals surface area contributed by atoms with Crippen LogP contribution in [0.15, 0.2) is 54.6 Å². The summed E-state index contributed by atoms with van der Waals surface area (Å²) >= 11 is 0. The van der Waals surface area contributed by atoms with Gasteiger partial charge in [0.25, 0.3) is 5.91 Å². The summed E-state index contributed by atoms with van der Waals surface area (Å²) in [5, 5.41) is 2.72. The van der Waals surface area contributed by atoms with Crippen LogP contribution >= 0.6 is 0 Å². The Hall–Kier alpha value is -3.02. The number of carbonyl (C=O) groups is 2. The van der Waals surface area contributed by atoms with Gasteiger partial charge in [0, 0.05) is 6.42 Å². The molecule has 27 heavy (non-hydrogen) atoms. The van der Waals surface area contributed by atoms with E-state index in [1.54, 1.807) is 18.2 Å². The van der Waals surface area contributed by atoms with E-state index in [9.17, 15) is 9.59 Å². The highest BCUT2D eigenvalue weighted by molar-refractivity contribution is 5.96. The Morgan fingerprint density at radius 1 is 1.00 bits per heavy atom. The normalized spacial score (nSPS) is 11.3. The lowest BCUT2D eigenvalue weighted by Crippen LogP contribution is -2.30. The Morgan fingerprint density at radius 3 is 2.44 bits per heavy atom. The quantitative estimate of drug-likeness (QED) is 0.508. The first-order chi connectivity index (χ1) is 13.1. The molecule has 1 atom stereocenters. The van der Waals surface area contributed by atoms with E-state index in [-0.39, 0.29) is 6.42 Å². The topological polar surface area (TPSA) is 73.9 Å². The number of benzene rings is 2. The van der Waals surface area contributed by atoms with Gasteiger partial charge in [0.15, 0.2) is 6.10 Å². The fraction of sp³-hybridized carbons (Fsp3) is 0.333. The zero-order chi connectivity index (χ0) is 19.5. The van der Waals surface area contributed by atoms with Gasteiger partial charge in [-0.15, -0.1) is 0 Å². The number of rotatable bonds is 10. The van der Waals surface area contributed by atoms with Crippen molar-refractivity contribution >= 4 is 17.6 Å². The van der Waals surface area contributed by atoms with Crippen LogP contribution in [0.3, 0.4) is 0 Å². The molecular weight excluding hydrogens is 346 g/mol. The number of nitrogens with one attached hydrogen (secondary N) is 1. The first-order valence-electron chi connectivity index (χ1n) is 9.00. The number of ether oxygens (including phenoxy) is 3. The Kier molecular flexibility index (Phi) is 8.16. The molecule has 6 heteroatoms. The zero-order valence-corrected chi connectivity index (χ0v) is 15.6. The molecule has 2 rings (SSSR count). The van der Waals surface area contributed by atoms with Gasteiger partial charge in [0.2, 0.25) is 0 Å². The summed E-state index contributed by atoms with van der Waals surface area (Å²) in [7, 11) is 0. The zero-order valence-electron chi connectivity index (χ0n) is 15.6. The molecule has 0 bridgehead atoms. The van der Waals surface area contributed by atoms with E-state index in [4.69, 9.17) is 14.2 Å². The van der Waals surface area contributed by atoms with Crippen LogP contribution in [0.2, 0.25) is 0 Å². The lowest BCUT2D eigenvalue weighted by molar-refractivity contribution is -0.153. The number of hydrogen-bond donors (Lipinski definition) is 1. The molecule has 0 aliphatic carbocycles. The number of amides is 1. The lowest BCUT2D eigenvalue weighted by atomic mass is 10.2. The third-order valence-electron chi connectivity index (χ3n) is 3.66. The molecule has 2 aromatic carbocycles. The molecule has 1 amide bonds. The molecule has 144 valence electrons. The van der Waals surface area contributed by atoms with Crippen molar-refractivity contribution < 1.29 is 23.8 Å². The number of hydrogen-bond acceptors (Lipinski definition) is 5. The second-order valence-corrected chi connectivity index (χ2v) is 5.82. The van der Waals surface area contributed by atoms with Gasteiger partial charge < -0.3 is 19.5 Å². The van der Waals surface area contributed by atoms with Crippen LogP contribution in [0.1, 0.15) is 26.7 Å². The minimum atomic E-state index is -0.901. The third kappa shape index (κ3) is 7.01. The fourth-order valence-corrected chi connectivity index (χ4v) is 2.32. The van der Waals surface area contributed by atoms with Gasteiger partial charge in [-0.1, -0.05) is 30.3 Å². The second kappa shape index (κ2) is 10.9. The average Bonchev–Trinajstić information content (AvgIpc) is 2.67. The molecule has 2 aromatic rings. The molecular formula is C21H25NO5. The molecule has 0 unspecified atom stereocenters. The van der Waals surface area contributed by atoms with Gasteiger partial charge in [0.05, 0.1) is 18.9 Å². The van der Waals surface area contributed by atoms with E-state index in [2.05, 4.69) is 5.32 Å². The van der Waals surface area contributed by atoms with Crippen molar-refractivity contribution in [2.24, 2.45) is 0 Å². The molecule has 0 heterocycles. The van der Waals surface area contributed by atoms with E-state index in [1.165, 1.54) is 6.92 Å². The smallest absolute Gasteiger partial charge is 0.306 e. The van der Waals surface area contributed by atoms with Gasteiger partial charge in [-0.25, -0.2) is 0 Å². The maximum absolute atomic E-state index is 12.3. The van der Waals surface area contributed by atoms with E-state index in [0.717, 1.165) is 5.75 Å². The van der Waals surface area contributed by atoms with Crippen molar-refractivity contribution in [3.63, 3.8) is 0 Å². The number of carbonyl (C=O) groups excluding carboxylic acids is 2. The van der Waals surface area contributed by atoms with Crippen LogP contribution in [0.4, 0.5) is 5.69 Å². The first-order valence-corrected chi connectivity index (χ1v) is 9.00. The van der Waals surface area contributed by atoms with E-state index >= 15 is 0 Å². The average molecular weight is 371 g/mol. The monoisotopic (exact) mass is 371 g/mol. The Morgan fingerprint density at radius 2 is 1.70 bits per heavy atom. The number of esters is 1. The maximum atomic E-state index is 12.3. The van der Waals surface area contributed by atoms with Crippen LogP contribution in [-0.2, 0) is 14.3 Å². The summed E-state index contributed by atoms with van der Waals surface area (Å²) in [5.74, 6) is 0.486. The highest BCUT2D eigenvalue weighted by Gasteiger charge is 2.19. The van der Waals surface area contributed by atoms with E-state index in [1.807, 2.05) is 43.3 Å². The summed E-state index contributed by atoms with van der Waals surface area (Å²) in [6, 6.07) is 16.5. The summed E-state index contributed by atoms with van der Waals surface area (Å²) in [4.78, 5) is 24.2. The second-order valence-electron chi connectivity index (χ2n) is 5.82.